The van der Waals surface area contributed by atoms with Crippen LogP contribution in [-0.4, -0.2) is 23.3 Å². The van der Waals surface area contributed by atoms with Crippen molar-refractivity contribution in [3.63, 3.8) is 0 Å². The van der Waals surface area contributed by atoms with Gasteiger partial charge in [-0.2, -0.15) is 0 Å². The van der Waals surface area contributed by atoms with Gasteiger partial charge in [-0.1, -0.05) is 0 Å². The minimum absolute atomic E-state index is 0.226. The Kier molecular flexibility index (Phi) is 5.15. The van der Waals surface area contributed by atoms with Gasteiger partial charge in [-0.05, 0) is 52.2 Å². The molecule has 1 heterocycles. The summed E-state index contributed by atoms with van der Waals surface area (Å²) in [5, 5.41) is 8.69. The molecule has 1 aromatic heterocycles. The topological polar surface area (TPSA) is 46.5 Å². The van der Waals surface area contributed by atoms with Crippen LogP contribution in [0.3, 0.4) is 0 Å². The predicted octanol–water partition coefficient (Wildman–Crippen LogP) is 3.02. The van der Waals surface area contributed by atoms with Gasteiger partial charge in [-0.3, -0.25) is 0 Å². The van der Waals surface area contributed by atoms with Gasteiger partial charge in [0.15, 0.2) is 0 Å². The number of esters is 1. The fourth-order valence-electron chi connectivity index (χ4n) is 1.36. The summed E-state index contributed by atoms with van der Waals surface area (Å²) in [4.78, 5) is 13.6. The van der Waals surface area contributed by atoms with E-state index in [-0.39, 0.29) is 12.6 Å². The van der Waals surface area contributed by atoms with Crippen LogP contribution < -0.4 is 0 Å². The van der Waals surface area contributed by atoms with Crippen LogP contribution in [0.1, 0.15) is 48.2 Å². The number of carbonyl (C=O) groups is 1. The number of carbonyl (C=O) groups excluding carboxylic acids is 1. The van der Waals surface area contributed by atoms with E-state index in [0.717, 1.165) is 19.3 Å². The first-order valence-electron chi connectivity index (χ1n) is 5.85. The number of aliphatic hydroxyl groups is 1. The molecule has 4 heteroatoms. The minimum atomic E-state index is -0.446. The van der Waals surface area contributed by atoms with Crippen molar-refractivity contribution in [2.45, 2.75) is 45.6 Å². The second-order valence-electron chi connectivity index (χ2n) is 4.95. The van der Waals surface area contributed by atoms with Crippen LogP contribution in [-0.2, 0) is 11.2 Å². The first-order valence-corrected chi connectivity index (χ1v) is 6.67. The van der Waals surface area contributed by atoms with Crippen molar-refractivity contribution in [3.8, 4) is 0 Å². The largest absolute Gasteiger partial charge is 0.456 e. The Morgan fingerprint density at radius 3 is 2.65 bits per heavy atom. The van der Waals surface area contributed by atoms with E-state index in [2.05, 4.69) is 0 Å². The third-order valence-electron chi connectivity index (χ3n) is 2.09. The zero-order valence-corrected chi connectivity index (χ0v) is 11.5. The van der Waals surface area contributed by atoms with E-state index in [4.69, 9.17) is 9.84 Å². The molecule has 0 saturated carbocycles. The monoisotopic (exact) mass is 256 g/mol. The molecule has 0 fully saturated rings. The van der Waals surface area contributed by atoms with Crippen LogP contribution in [0, 0.1) is 0 Å². The molecule has 0 unspecified atom stereocenters. The van der Waals surface area contributed by atoms with Gasteiger partial charge < -0.3 is 9.84 Å². The van der Waals surface area contributed by atoms with Crippen molar-refractivity contribution in [1.82, 2.24) is 0 Å². The lowest BCUT2D eigenvalue weighted by Crippen LogP contribution is -2.23. The number of unbranched alkanes of at least 4 members (excludes halogenated alkanes) is 1. The van der Waals surface area contributed by atoms with Gasteiger partial charge in [0.2, 0.25) is 0 Å². The van der Waals surface area contributed by atoms with Gasteiger partial charge in [-0.25, -0.2) is 4.79 Å². The Balaban J connectivity index is 2.52. The summed E-state index contributed by atoms with van der Waals surface area (Å²) in [7, 11) is 0. The maximum absolute atomic E-state index is 11.8. The molecule has 0 radical (unpaired) electrons. The standard InChI is InChI=1S/C13H20O3S/c1-13(2,3)16-12(15)11-8-7-10(17-11)6-4-5-9-14/h7-8,14H,4-6,9H2,1-3H3. The summed E-state index contributed by atoms with van der Waals surface area (Å²) in [5.74, 6) is -0.254. The average molecular weight is 256 g/mol. The van der Waals surface area contributed by atoms with Crippen molar-refractivity contribution in [2.24, 2.45) is 0 Å². The van der Waals surface area contributed by atoms with Crippen LogP contribution in [0.2, 0.25) is 0 Å². The highest BCUT2D eigenvalue weighted by atomic mass is 32.1. The summed E-state index contributed by atoms with van der Waals surface area (Å²) in [6.07, 6.45) is 2.67. The van der Waals surface area contributed by atoms with E-state index in [1.54, 1.807) is 0 Å². The molecule has 96 valence electrons. The zero-order valence-electron chi connectivity index (χ0n) is 10.7. The third-order valence-corrected chi connectivity index (χ3v) is 3.22. The number of hydrogen-bond donors (Lipinski definition) is 1. The van der Waals surface area contributed by atoms with E-state index in [0.29, 0.717) is 4.88 Å². The van der Waals surface area contributed by atoms with Crippen LogP contribution in [0.25, 0.3) is 0 Å². The SMILES string of the molecule is CC(C)(C)OC(=O)c1ccc(CCCCO)s1. The molecular weight excluding hydrogens is 236 g/mol. The van der Waals surface area contributed by atoms with Gasteiger partial charge in [0.1, 0.15) is 10.5 Å². The maximum atomic E-state index is 11.8. The van der Waals surface area contributed by atoms with Crippen molar-refractivity contribution in [3.05, 3.63) is 21.9 Å². The van der Waals surface area contributed by atoms with Gasteiger partial charge in [0, 0.05) is 11.5 Å². The van der Waals surface area contributed by atoms with E-state index in [9.17, 15) is 4.79 Å². The second kappa shape index (κ2) is 6.17. The molecule has 0 aromatic carbocycles. The minimum Gasteiger partial charge on any atom is -0.456 e. The lowest BCUT2D eigenvalue weighted by atomic mass is 10.2. The Morgan fingerprint density at radius 2 is 2.06 bits per heavy atom. The smallest absolute Gasteiger partial charge is 0.348 e. The molecule has 0 aliphatic rings. The Hall–Kier alpha value is -0.870. The van der Waals surface area contributed by atoms with Gasteiger partial charge in [0.05, 0.1) is 0 Å². The zero-order chi connectivity index (χ0) is 12.9. The van der Waals surface area contributed by atoms with Gasteiger partial charge in [0.25, 0.3) is 0 Å². The molecule has 0 saturated heterocycles. The van der Waals surface area contributed by atoms with Crippen LogP contribution in [0.4, 0.5) is 0 Å². The molecule has 0 spiro atoms. The number of aliphatic hydroxyl groups excluding tert-OH is 1. The van der Waals surface area contributed by atoms with E-state index >= 15 is 0 Å². The fraction of sp³-hybridized carbons (Fsp3) is 0.615. The number of aryl methyl sites for hydroxylation is 1. The van der Waals surface area contributed by atoms with E-state index < -0.39 is 5.60 Å². The van der Waals surface area contributed by atoms with Crippen molar-refractivity contribution < 1.29 is 14.6 Å². The molecule has 3 nitrogen and oxygen atoms in total. The molecule has 1 N–H and O–H groups in total. The van der Waals surface area contributed by atoms with Gasteiger partial charge in [-0.15, -0.1) is 11.3 Å². The number of thiophene rings is 1. The molecule has 0 bridgehead atoms. The maximum Gasteiger partial charge on any atom is 0.348 e. The van der Waals surface area contributed by atoms with Crippen LogP contribution in [0.15, 0.2) is 12.1 Å². The number of ether oxygens (including phenoxy) is 1. The fourth-order valence-corrected chi connectivity index (χ4v) is 2.29. The van der Waals surface area contributed by atoms with Gasteiger partial charge >= 0.3 is 5.97 Å². The Labute approximate surface area is 106 Å². The molecule has 1 aromatic rings. The van der Waals surface area contributed by atoms with Crippen LogP contribution in [0.5, 0.6) is 0 Å². The quantitative estimate of drug-likeness (QED) is 0.650. The highest BCUT2D eigenvalue weighted by Gasteiger charge is 2.19. The normalized spacial score (nSPS) is 11.5. The molecule has 17 heavy (non-hydrogen) atoms. The second-order valence-corrected chi connectivity index (χ2v) is 6.12. The molecule has 0 aliphatic heterocycles. The lowest BCUT2D eigenvalue weighted by Gasteiger charge is -2.18. The lowest BCUT2D eigenvalue weighted by molar-refractivity contribution is 0.00752. The predicted molar refractivity (Wildman–Crippen MR) is 69.5 cm³/mol. The molecule has 0 aliphatic carbocycles. The summed E-state index contributed by atoms with van der Waals surface area (Å²) in [6.45, 7) is 5.81. The molecule has 1 rings (SSSR count). The Morgan fingerprint density at radius 1 is 1.35 bits per heavy atom. The first kappa shape index (κ1) is 14.2. The number of rotatable bonds is 5. The average Bonchev–Trinajstić information content (AvgIpc) is 2.64. The third kappa shape index (κ3) is 5.33. The highest BCUT2D eigenvalue weighted by molar-refractivity contribution is 7.13. The first-order chi connectivity index (χ1) is 7.92. The summed E-state index contributed by atoms with van der Waals surface area (Å²) in [6, 6.07) is 3.77. The highest BCUT2D eigenvalue weighted by Crippen LogP contribution is 2.21. The van der Waals surface area contributed by atoms with E-state index in [1.165, 1.54) is 16.2 Å². The van der Waals surface area contributed by atoms with Crippen molar-refractivity contribution >= 4 is 17.3 Å². The van der Waals surface area contributed by atoms with Crippen LogP contribution >= 0.6 is 11.3 Å². The van der Waals surface area contributed by atoms with Crippen molar-refractivity contribution in [1.29, 1.82) is 0 Å². The van der Waals surface area contributed by atoms with Crippen molar-refractivity contribution in [2.75, 3.05) is 6.61 Å². The summed E-state index contributed by atoms with van der Waals surface area (Å²) in [5.41, 5.74) is -0.446. The van der Waals surface area contributed by atoms with E-state index in [1.807, 2.05) is 32.9 Å². The molecule has 0 amide bonds. The summed E-state index contributed by atoms with van der Waals surface area (Å²) >= 11 is 1.48. The Bertz CT molecular complexity index is 363. The summed E-state index contributed by atoms with van der Waals surface area (Å²) < 4.78 is 5.29. The molecule has 0 atom stereocenters. The molecular formula is C13H20O3S. The number of hydrogen-bond acceptors (Lipinski definition) is 4.